The highest BCUT2D eigenvalue weighted by molar-refractivity contribution is 6.13. The van der Waals surface area contributed by atoms with Gasteiger partial charge in [0.05, 0.1) is 25.7 Å². The van der Waals surface area contributed by atoms with Gasteiger partial charge in [-0.25, -0.2) is 9.63 Å². The molecule has 0 bridgehead atoms. The smallest absolute Gasteiger partial charge is 0.334 e. The molecule has 2 aromatic carbocycles. The van der Waals surface area contributed by atoms with E-state index in [9.17, 15) is 9.59 Å². The zero-order valence-electron chi connectivity index (χ0n) is 21.9. The Bertz CT molecular complexity index is 880. The van der Waals surface area contributed by atoms with Crippen LogP contribution in [0.2, 0.25) is 0 Å². The predicted molar refractivity (Wildman–Crippen MR) is 146 cm³/mol. The summed E-state index contributed by atoms with van der Waals surface area (Å²) in [5.74, 6) is -0.347. The highest BCUT2D eigenvalue weighted by Crippen LogP contribution is 2.11. The minimum absolute atomic E-state index is 0.0271. The molecule has 0 radical (unpaired) electrons. The lowest BCUT2D eigenvalue weighted by molar-refractivity contribution is -0.143. The Morgan fingerprint density at radius 3 is 1.83 bits per heavy atom. The van der Waals surface area contributed by atoms with Crippen molar-refractivity contribution in [2.75, 3.05) is 13.2 Å². The Kier molecular flexibility index (Phi) is 18.4. The molecule has 0 aliphatic carbocycles. The maximum Gasteiger partial charge on any atom is 0.334 e. The maximum atomic E-state index is 11.2. The van der Waals surface area contributed by atoms with Crippen LogP contribution in [0.1, 0.15) is 64.3 Å². The summed E-state index contributed by atoms with van der Waals surface area (Å²) in [6, 6.07) is 20.1. The van der Waals surface area contributed by atoms with Gasteiger partial charge in [-0.2, -0.15) is 0 Å². The van der Waals surface area contributed by atoms with Crippen molar-refractivity contribution in [2.24, 2.45) is 11.5 Å². The number of ether oxygens (including phenoxy) is 2. The van der Waals surface area contributed by atoms with Crippen LogP contribution in [-0.4, -0.2) is 31.2 Å². The van der Waals surface area contributed by atoms with Gasteiger partial charge in [-0.15, -0.1) is 0 Å². The standard InChI is InChI=1S/C13H18N2O2.C8H11N.C6H12ClNO2/c1-3-17-13(16)9-12(14)15-10(2)11-7-5-4-6-8-11;1-7(9)8-5-3-2-4-6-8;1-3-10-6(9)4-5(2)8-7/h4-10,15H,3,14H2,1-2H3;2-7H,9H2,1H3;5,8H,3-4H2,1-2H3/b12-9+;;/t10-;7-;/m00./s1. The first-order chi connectivity index (χ1) is 17.1. The van der Waals surface area contributed by atoms with Crippen LogP contribution in [0.15, 0.2) is 72.6 Å². The molecule has 36 heavy (non-hydrogen) atoms. The van der Waals surface area contributed by atoms with E-state index in [1.807, 2.05) is 81.4 Å². The lowest BCUT2D eigenvalue weighted by Crippen LogP contribution is -2.24. The first-order valence-electron chi connectivity index (χ1n) is 11.9. The molecule has 8 nitrogen and oxygen atoms in total. The normalized spacial score (nSPS) is 12.9. The van der Waals surface area contributed by atoms with E-state index < -0.39 is 5.97 Å². The van der Waals surface area contributed by atoms with Gasteiger partial charge in [0.15, 0.2) is 0 Å². The molecule has 0 aliphatic heterocycles. The Morgan fingerprint density at radius 1 is 0.917 bits per heavy atom. The molecule has 2 aromatic rings. The minimum atomic E-state index is -0.433. The van der Waals surface area contributed by atoms with Crippen molar-refractivity contribution in [1.29, 1.82) is 0 Å². The molecule has 9 heteroatoms. The van der Waals surface area contributed by atoms with E-state index in [4.69, 9.17) is 28.0 Å². The average molecular weight is 521 g/mol. The Hall–Kier alpha value is -3.07. The number of nitrogens with two attached hydrogens (primary N) is 2. The van der Waals surface area contributed by atoms with Gasteiger partial charge in [-0.1, -0.05) is 60.7 Å². The van der Waals surface area contributed by atoms with Crippen LogP contribution in [0.25, 0.3) is 0 Å². The summed E-state index contributed by atoms with van der Waals surface area (Å²) in [6.45, 7) is 10.1. The maximum absolute atomic E-state index is 11.2. The third kappa shape index (κ3) is 16.5. The van der Waals surface area contributed by atoms with E-state index in [1.54, 1.807) is 13.8 Å². The van der Waals surface area contributed by atoms with Gasteiger partial charge in [-0.3, -0.25) is 4.79 Å². The molecular formula is C27H41ClN4O4. The van der Waals surface area contributed by atoms with E-state index >= 15 is 0 Å². The number of esters is 2. The first-order valence-corrected chi connectivity index (χ1v) is 12.3. The highest BCUT2D eigenvalue weighted by Gasteiger charge is 2.07. The van der Waals surface area contributed by atoms with Crippen LogP contribution >= 0.6 is 11.8 Å². The molecule has 0 spiro atoms. The molecule has 0 saturated heterocycles. The van der Waals surface area contributed by atoms with Crippen LogP contribution < -0.4 is 21.6 Å². The second-order valence-corrected chi connectivity index (χ2v) is 8.07. The van der Waals surface area contributed by atoms with Crippen molar-refractivity contribution < 1.29 is 19.1 Å². The van der Waals surface area contributed by atoms with Crippen LogP contribution in [0.5, 0.6) is 0 Å². The summed E-state index contributed by atoms with van der Waals surface area (Å²) in [5, 5.41) is 3.02. The van der Waals surface area contributed by atoms with Gasteiger partial charge >= 0.3 is 11.9 Å². The van der Waals surface area contributed by atoms with Gasteiger partial charge < -0.3 is 26.3 Å². The van der Waals surface area contributed by atoms with Gasteiger partial charge in [0, 0.05) is 18.1 Å². The SMILES string of the molecule is CCOC(=O)/C=C(\N)N[C@@H](C)c1ccccc1.CCOC(=O)CC(C)NCl.C[C@H](N)c1ccccc1. The van der Waals surface area contributed by atoms with Gasteiger partial charge in [0.2, 0.25) is 0 Å². The molecular weight excluding hydrogens is 480 g/mol. The summed E-state index contributed by atoms with van der Waals surface area (Å²) < 4.78 is 9.44. The number of benzene rings is 2. The lowest BCUT2D eigenvalue weighted by atomic mass is 10.1. The van der Waals surface area contributed by atoms with Crippen LogP contribution in [-0.2, 0) is 19.1 Å². The second-order valence-electron chi connectivity index (χ2n) is 7.85. The van der Waals surface area contributed by atoms with Crippen LogP contribution in [0, 0.1) is 0 Å². The average Bonchev–Trinajstić information content (AvgIpc) is 2.86. The van der Waals surface area contributed by atoms with Crippen molar-refractivity contribution in [3.8, 4) is 0 Å². The molecule has 1 unspecified atom stereocenters. The summed E-state index contributed by atoms with van der Waals surface area (Å²) in [7, 11) is 0. The summed E-state index contributed by atoms with van der Waals surface area (Å²) in [5.41, 5.74) is 13.6. The monoisotopic (exact) mass is 520 g/mol. The number of hydrogen-bond donors (Lipinski definition) is 4. The molecule has 0 aliphatic rings. The Balaban J connectivity index is 0.000000551. The van der Waals surface area contributed by atoms with E-state index in [0.717, 1.165) is 5.56 Å². The van der Waals surface area contributed by atoms with Crippen molar-refractivity contribution in [2.45, 2.75) is 59.2 Å². The summed E-state index contributed by atoms with van der Waals surface area (Å²) in [6.07, 6.45) is 1.57. The van der Waals surface area contributed by atoms with Crippen molar-refractivity contribution in [3.63, 3.8) is 0 Å². The van der Waals surface area contributed by atoms with E-state index in [1.165, 1.54) is 11.6 Å². The number of halogens is 1. The summed E-state index contributed by atoms with van der Waals surface area (Å²) in [4.78, 5) is 24.3. The second kappa shape index (κ2) is 20.2. The van der Waals surface area contributed by atoms with Gasteiger partial charge in [0.25, 0.3) is 0 Å². The zero-order chi connectivity index (χ0) is 27.3. The topological polar surface area (TPSA) is 129 Å². The van der Waals surface area contributed by atoms with Crippen LogP contribution in [0.3, 0.4) is 0 Å². The molecule has 0 saturated carbocycles. The lowest BCUT2D eigenvalue weighted by Gasteiger charge is -2.15. The third-order valence-electron chi connectivity index (χ3n) is 4.53. The molecule has 0 aromatic heterocycles. The van der Waals surface area contributed by atoms with Crippen molar-refractivity contribution >= 4 is 23.7 Å². The highest BCUT2D eigenvalue weighted by atomic mass is 35.5. The zero-order valence-corrected chi connectivity index (χ0v) is 22.6. The molecule has 0 heterocycles. The van der Waals surface area contributed by atoms with Gasteiger partial charge in [-0.05, 0) is 57.5 Å². The molecule has 200 valence electrons. The van der Waals surface area contributed by atoms with Crippen molar-refractivity contribution in [1.82, 2.24) is 10.2 Å². The van der Waals surface area contributed by atoms with E-state index in [2.05, 4.69) is 14.9 Å². The van der Waals surface area contributed by atoms with E-state index in [-0.39, 0.29) is 24.1 Å². The fourth-order valence-corrected chi connectivity index (χ4v) is 2.77. The number of carbonyl (C=O) groups is 2. The van der Waals surface area contributed by atoms with E-state index in [0.29, 0.717) is 25.5 Å². The molecule has 3 atom stereocenters. The Morgan fingerprint density at radius 2 is 1.42 bits per heavy atom. The number of hydrogen-bond acceptors (Lipinski definition) is 8. The Labute approximate surface area is 220 Å². The van der Waals surface area contributed by atoms with Crippen molar-refractivity contribution in [3.05, 3.63) is 83.7 Å². The quantitative estimate of drug-likeness (QED) is 0.205. The first kappa shape index (κ1) is 32.9. The van der Waals surface area contributed by atoms with Crippen LogP contribution in [0.4, 0.5) is 0 Å². The number of carbonyl (C=O) groups excluding carboxylic acids is 2. The fraction of sp³-hybridized carbons (Fsp3) is 0.407. The molecule has 0 amide bonds. The molecule has 6 N–H and O–H groups in total. The van der Waals surface area contributed by atoms with Gasteiger partial charge in [0.1, 0.15) is 5.82 Å². The largest absolute Gasteiger partial charge is 0.466 e. The molecule has 0 fully saturated rings. The fourth-order valence-electron chi connectivity index (χ4n) is 2.69. The molecule has 2 rings (SSSR count). The summed E-state index contributed by atoms with van der Waals surface area (Å²) >= 11 is 5.24. The number of rotatable bonds is 10. The predicted octanol–water partition coefficient (Wildman–Crippen LogP) is 4.48. The third-order valence-corrected chi connectivity index (χ3v) is 4.91. The number of nitrogens with one attached hydrogen (secondary N) is 2. The minimum Gasteiger partial charge on any atom is -0.466 e.